The van der Waals surface area contributed by atoms with Crippen molar-refractivity contribution in [1.29, 1.82) is 0 Å². The molecule has 3 aliphatic rings. The number of benzene rings is 1. The molecular formula is C28H37FN4O5. The van der Waals surface area contributed by atoms with E-state index >= 15 is 0 Å². The zero-order chi connectivity index (χ0) is 27.0. The molecule has 10 heteroatoms. The van der Waals surface area contributed by atoms with E-state index in [-0.39, 0.29) is 29.6 Å². The molecule has 2 amide bonds. The van der Waals surface area contributed by atoms with Crippen LogP contribution in [-0.2, 0) is 9.59 Å². The van der Waals surface area contributed by atoms with Crippen LogP contribution < -0.4 is 11.5 Å². The number of halogens is 1. The van der Waals surface area contributed by atoms with Gasteiger partial charge in [-0.05, 0) is 55.9 Å². The van der Waals surface area contributed by atoms with Crippen LogP contribution in [0.25, 0.3) is 11.1 Å². The number of amides is 2. The van der Waals surface area contributed by atoms with Crippen molar-refractivity contribution >= 4 is 28.9 Å². The number of fused-ring (bicyclic) bond motifs is 1. The molecule has 1 aromatic carbocycles. The first-order valence-electron chi connectivity index (χ1n) is 13.9. The van der Waals surface area contributed by atoms with Crippen LogP contribution in [0.5, 0.6) is 0 Å². The number of rotatable bonds is 7. The Morgan fingerprint density at radius 1 is 1.11 bits per heavy atom. The fourth-order valence-electron chi connectivity index (χ4n) is 7.29. The second-order valence-corrected chi connectivity index (χ2v) is 11.4. The Kier molecular flexibility index (Phi) is 7.70. The van der Waals surface area contributed by atoms with Crippen LogP contribution in [-0.4, -0.2) is 51.5 Å². The zero-order valence-corrected chi connectivity index (χ0v) is 21.6. The number of primary amides is 1. The van der Waals surface area contributed by atoms with Gasteiger partial charge in [0.15, 0.2) is 5.58 Å². The summed E-state index contributed by atoms with van der Waals surface area (Å²) in [6.07, 6.45) is 8.36. The lowest BCUT2D eigenvalue weighted by molar-refractivity contribution is -0.145. The van der Waals surface area contributed by atoms with Gasteiger partial charge >= 0.3 is 11.9 Å². The summed E-state index contributed by atoms with van der Waals surface area (Å²) in [4.78, 5) is 44.7. The molecule has 3 fully saturated rings. The Balaban J connectivity index is 1.52. The number of oxazole rings is 1. The molecule has 0 radical (unpaired) electrons. The lowest BCUT2D eigenvalue weighted by Gasteiger charge is -2.37. The van der Waals surface area contributed by atoms with Gasteiger partial charge in [-0.25, -0.2) is 14.2 Å². The Morgan fingerprint density at radius 2 is 1.82 bits per heavy atom. The number of carbonyl (C=O) groups excluding carboxylic acids is 2. The molecule has 0 bridgehead atoms. The molecule has 2 saturated carbocycles. The van der Waals surface area contributed by atoms with Crippen molar-refractivity contribution < 1.29 is 28.3 Å². The van der Waals surface area contributed by atoms with Gasteiger partial charge in [-0.1, -0.05) is 44.2 Å². The van der Waals surface area contributed by atoms with Gasteiger partial charge in [0.2, 0.25) is 11.8 Å². The second-order valence-electron chi connectivity index (χ2n) is 11.4. The predicted octanol–water partition coefficient (Wildman–Crippen LogP) is 3.95. The van der Waals surface area contributed by atoms with E-state index in [1.54, 1.807) is 17.0 Å². The number of aromatic nitrogens is 1. The van der Waals surface area contributed by atoms with Gasteiger partial charge in [0, 0.05) is 17.5 Å². The quantitative estimate of drug-likeness (QED) is 0.492. The average molecular weight is 529 g/mol. The number of carboxylic acid groups (broad SMARTS) is 1. The predicted molar refractivity (Wildman–Crippen MR) is 138 cm³/mol. The molecule has 38 heavy (non-hydrogen) atoms. The van der Waals surface area contributed by atoms with E-state index in [4.69, 9.17) is 15.9 Å². The maximum absolute atomic E-state index is 14.2. The Morgan fingerprint density at radius 3 is 2.45 bits per heavy atom. The zero-order valence-electron chi connectivity index (χ0n) is 21.6. The van der Waals surface area contributed by atoms with Gasteiger partial charge in [0.25, 0.3) is 0 Å². The first kappa shape index (κ1) is 26.6. The molecule has 206 valence electrons. The van der Waals surface area contributed by atoms with Crippen LogP contribution in [0.4, 0.5) is 4.39 Å². The second kappa shape index (κ2) is 11.0. The van der Waals surface area contributed by atoms with E-state index in [2.05, 4.69) is 4.98 Å². The number of carboxylic acids is 1. The van der Waals surface area contributed by atoms with Crippen LogP contribution in [0, 0.1) is 23.7 Å². The normalized spacial score (nSPS) is 29.4. The highest BCUT2D eigenvalue weighted by molar-refractivity contribution is 5.91. The summed E-state index contributed by atoms with van der Waals surface area (Å²) in [6, 6.07) is 3.50. The van der Waals surface area contributed by atoms with Crippen molar-refractivity contribution in [1.82, 2.24) is 9.88 Å². The molecule has 1 aliphatic heterocycles. The molecule has 2 aromatic rings. The average Bonchev–Trinajstić information content (AvgIpc) is 3.55. The lowest BCUT2D eigenvalue weighted by atomic mass is 9.75. The summed E-state index contributed by atoms with van der Waals surface area (Å²) < 4.78 is 18.6. The van der Waals surface area contributed by atoms with E-state index < -0.39 is 42.6 Å². The largest absolute Gasteiger partial charge is 0.474 e. The summed E-state index contributed by atoms with van der Waals surface area (Å²) in [5.41, 5.74) is 13.3. The number of hydrogen-bond donors (Lipinski definition) is 3. The SMILES string of the molecule is NC(=O)[C@@H]1[C@H](C2CCCCC2)CC(c2cccc3oc(C(=O)O)nc23)N1C(=O)[C@H]1CC[C@H]([C@H](N)CF)CC1. The number of likely N-dealkylation sites (tertiary alicyclic amines) is 1. The highest BCUT2D eigenvalue weighted by Crippen LogP contribution is 2.49. The van der Waals surface area contributed by atoms with Crippen molar-refractivity contribution in [3.8, 4) is 0 Å². The number of aromatic carboxylic acids is 1. The van der Waals surface area contributed by atoms with Gasteiger partial charge in [-0.3, -0.25) is 9.59 Å². The van der Waals surface area contributed by atoms with Crippen LogP contribution in [0.15, 0.2) is 22.6 Å². The topological polar surface area (TPSA) is 153 Å². The molecule has 9 nitrogen and oxygen atoms in total. The Labute approximate surface area is 221 Å². The molecular weight excluding hydrogens is 491 g/mol. The van der Waals surface area contributed by atoms with Crippen LogP contribution in [0.1, 0.15) is 86.5 Å². The Bertz CT molecular complexity index is 1190. The number of nitrogens with zero attached hydrogens (tertiary/aromatic N) is 2. The summed E-state index contributed by atoms with van der Waals surface area (Å²) in [6.45, 7) is -0.579. The minimum Gasteiger partial charge on any atom is -0.474 e. The van der Waals surface area contributed by atoms with Gasteiger partial charge in [-0.15, -0.1) is 0 Å². The highest BCUT2D eigenvalue weighted by Gasteiger charge is 2.51. The van der Waals surface area contributed by atoms with Gasteiger partial charge in [0.1, 0.15) is 18.2 Å². The summed E-state index contributed by atoms with van der Waals surface area (Å²) >= 11 is 0. The van der Waals surface area contributed by atoms with Gasteiger partial charge < -0.3 is 25.9 Å². The number of alkyl halides is 1. The first-order chi connectivity index (χ1) is 18.3. The third-order valence-electron chi connectivity index (χ3n) is 9.23. The lowest BCUT2D eigenvalue weighted by Crippen LogP contribution is -2.51. The molecule has 1 saturated heterocycles. The first-order valence-corrected chi connectivity index (χ1v) is 13.9. The van der Waals surface area contributed by atoms with Gasteiger partial charge in [0.05, 0.1) is 6.04 Å². The van der Waals surface area contributed by atoms with E-state index in [1.165, 1.54) is 0 Å². The monoisotopic (exact) mass is 528 g/mol. The molecule has 0 spiro atoms. The van der Waals surface area contributed by atoms with Crippen LogP contribution in [0.2, 0.25) is 0 Å². The molecule has 1 aromatic heterocycles. The summed E-state index contributed by atoms with van der Waals surface area (Å²) in [5, 5.41) is 9.44. The Hall–Kier alpha value is -3.01. The smallest absolute Gasteiger partial charge is 0.392 e. The third-order valence-corrected chi connectivity index (χ3v) is 9.23. The highest BCUT2D eigenvalue weighted by atomic mass is 19.1. The van der Waals surface area contributed by atoms with Crippen molar-refractivity contribution in [3.63, 3.8) is 0 Å². The minimum atomic E-state index is -1.27. The van der Waals surface area contributed by atoms with Gasteiger partial charge in [-0.2, -0.15) is 0 Å². The van der Waals surface area contributed by atoms with Crippen molar-refractivity contribution in [3.05, 3.63) is 29.7 Å². The number of nitrogens with two attached hydrogens (primary N) is 2. The van der Waals surface area contributed by atoms with Crippen LogP contribution in [0.3, 0.4) is 0 Å². The van der Waals surface area contributed by atoms with E-state index in [0.29, 0.717) is 48.8 Å². The fourth-order valence-corrected chi connectivity index (χ4v) is 7.29. The molecule has 2 aliphatic carbocycles. The summed E-state index contributed by atoms with van der Waals surface area (Å²) in [5.74, 6) is -2.39. The van der Waals surface area contributed by atoms with Crippen molar-refractivity contribution in [2.45, 2.75) is 82.3 Å². The van der Waals surface area contributed by atoms with E-state index in [9.17, 15) is 23.9 Å². The maximum atomic E-state index is 14.2. The number of para-hydroxylation sites is 1. The standard InChI is InChI=1S/C28H37FN4O5/c29-14-20(30)16-9-11-17(12-10-16)27(35)33-21(13-19(24(33)25(31)34)15-5-2-1-3-6-15)18-7-4-8-22-23(18)32-26(38-22)28(36)37/h4,7-8,15-17,19-21,24H,1-3,5-6,9-14,30H2,(H2,31,34)(H,36,37)/t16-,17-,19-,20+,21?,24-/m0/s1. The number of carbonyl (C=O) groups is 3. The van der Waals surface area contributed by atoms with E-state index in [1.807, 2.05) is 6.07 Å². The summed E-state index contributed by atoms with van der Waals surface area (Å²) in [7, 11) is 0. The molecule has 5 N–H and O–H groups in total. The molecule has 5 rings (SSSR count). The molecule has 4 atom stereocenters. The minimum absolute atomic E-state index is 0.0404. The molecule has 1 unspecified atom stereocenters. The van der Waals surface area contributed by atoms with Crippen molar-refractivity contribution in [2.75, 3.05) is 6.67 Å². The number of hydrogen-bond acceptors (Lipinski definition) is 6. The maximum Gasteiger partial charge on any atom is 0.392 e. The third kappa shape index (κ3) is 4.90. The van der Waals surface area contributed by atoms with E-state index in [0.717, 1.165) is 32.1 Å². The van der Waals surface area contributed by atoms with Crippen molar-refractivity contribution in [2.24, 2.45) is 35.1 Å². The molecule has 2 heterocycles. The fraction of sp³-hybridized carbons (Fsp3) is 0.643. The van der Waals surface area contributed by atoms with Crippen LogP contribution >= 0.6 is 0 Å².